The van der Waals surface area contributed by atoms with Gasteiger partial charge in [-0.05, 0) is 18.9 Å². The summed E-state index contributed by atoms with van der Waals surface area (Å²) in [6, 6.07) is 0. The molecule has 0 amide bonds. The number of unbranched alkanes of at least 4 members (excludes halogenated alkanes) is 4. The van der Waals surface area contributed by atoms with Crippen molar-refractivity contribution in [3.8, 4) is 11.8 Å². The summed E-state index contributed by atoms with van der Waals surface area (Å²) >= 11 is 0. The Labute approximate surface area is 77.1 Å². The smallest absolute Gasteiger partial charge is 0.00637 e. The zero-order chi connectivity index (χ0) is 9.07. The van der Waals surface area contributed by atoms with Gasteiger partial charge in [-0.3, -0.25) is 0 Å². The summed E-state index contributed by atoms with van der Waals surface area (Å²) in [5.74, 6) is 6.01. The molecule has 0 saturated carbocycles. The van der Waals surface area contributed by atoms with E-state index in [9.17, 15) is 0 Å². The summed E-state index contributed by atoms with van der Waals surface area (Å²) < 4.78 is 0. The summed E-state index contributed by atoms with van der Waals surface area (Å²) in [4.78, 5) is 0. The summed E-state index contributed by atoms with van der Waals surface area (Å²) in [7, 11) is 0. The molecule has 0 saturated heterocycles. The van der Waals surface area contributed by atoms with Crippen LogP contribution in [-0.4, -0.2) is 0 Å². The van der Waals surface area contributed by atoms with Gasteiger partial charge >= 0.3 is 0 Å². The molecular weight excluding hydrogens is 144 g/mol. The average Bonchev–Trinajstić information content (AvgIpc) is 2.10. The quantitative estimate of drug-likeness (QED) is 0.426. The molecule has 0 aliphatic heterocycles. The SMILES string of the molecule is CCC#C/C=C/CCCCCC. The third-order valence-electron chi connectivity index (χ3n) is 1.70. The van der Waals surface area contributed by atoms with Gasteiger partial charge in [0.25, 0.3) is 0 Å². The van der Waals surface area contributed by atoms with E-state index in [4.69, 9.17) is 0 Å². The maximum Gasteiger partial charge on any atom is 0.00637 e. The van der Waals surface area contributed by atoms with Crippen LogP contribution in [0.4, 0.5) is 0 Å². The third-order valence-corrected chi connectivity index (χ3v) is 1.70. The van der Waals surface area contributed by atoms with Crippen molar-refractivity contribution in [2.45, 2.75) is 52.4 Å². The first-order valence-corrected chi connectivity index (χ1v) is 5.05. The normalized spacial score (nSPS) is 9.83. The van der Waals surface area contributed by atoms with E-state index >= 15 is 0 Å². The van der Waals surface area contributed by atoms with E-state index in [2.05, 4.69) is 31.8 Å². The third kappa shape index (κ3) is 9.30. The van der Waals surface area contributed by atoms with Crippen LogP contribution in [0.2, 0.25) is 0 Å². The Morgan fingerprint density at radius 3 is 2.58 bits per heavy atom. The van der Waals surface area contributed by atoms with E-state index in [0.717, 1.165) is 6.42 Å². The second kappa shape index (κ2) is 10.3. The largest absolute Gasteiger partial charge is 0.0988 e. The molecule has 0 fully saturated rings. The molecule has 0 bridgehead atoms. The molecule has 68 valence electrons. The Bertz CT molecular complexity index is 155. The van der Waals surface area contributed by atoms with Crippen molar-refractivity contribution in [1.29, 1.82) is 0 Å². The van der Waals surface area contributed by atoms with Crippen molar-refractivity contribution in [3.63, 3.8) is 0 Å². The first-order valence-electron chi connectivity index (χ1n) is 5.05. The lowest BCUT2D eigenvalue weighted by molar-refractivity contribution is 0.674. The molecule has 0 aliphatic rings. The monoisotopic (exact) mass is 164 g/mol. The molecule has 0 heteroatoms. The van der Waals surface area contributed by atoms with Crippen LogP contribution in [0.15, 0.2) is 12.2 Å². The van der Waals surface area contributed by atoms with Crippen LogP contribution in [0.3, 0.4) is 0 Å². The molecule has 0 aliphatic carbocycles. The summed E-state index contributed by atoms with van der Waals surface area (Å²) in [5, 5.41) is 0. The van der Waals surface area contributed by atoms with Crippen molar-refractivity contribution in [1.82, 2.24) is 0 Å². The van der Waals surface area contributed by atoms with Gasteiger partial charge in [-0.2, -0.15) is 0 Å². The Balaban J connectivity index is 3.13. The molecule has 0 atom stereocenters. The summed E-state index contributed by atoms with van der Waals surface area (Å²) in [6.45, 7) is 4.31. The fraction of sp³-hybridized carbons (Fsp3) is 0.667. The first kappa shape index (κ1) is 11.3. The molecule has 0 aromatic heterocycles. The van der Waals surface area contributed by atoms with Crippen molar-refractivity contribution in [2.24, 2.45) is 0 Å². The molecule has 0 unspecified atom stereocenters. The molecule has 0 N–H and O–H groups in total. The minimum absolute atomic E-state index is 0.959. The first-order chi connectivity index (χ1) is 5.91. The highest BCUT2D eigenvalue weighted by Crippen LogP contribution is 2.02. The second-order valence-electron chi connectivity index (χ2n) is 2.93. The number of hydrogen-bond donors (Lipinski definition) is 0. The van der Waals surface area contributed by atoms with Crippen molar-refractivity contribution in [3.05, 3.63) is 12.2 Å². The fourth-order valence-electron chi connectivity index (χ4n) is 0.992. The molecule has 0 aromatic rings. The Morgan fingerprint density at radius 1 is 1.08 bits per heavy atom. The van der Waals surface area contributed by atoms with Crippen LogP contribution < -0.4 is 0 Å². The van der Waals surface area contributed by atoms with Crippen LogP contribution in [-0.2, 0) is 0 Å². The fourth-order valence-corrected chi connectivity index (χ4v) is 0.992. The molecule has 12 heavy (non-hydrogen) atoms. The van der Waals surface area contributed by atoms with Crippen LogP contribution in [0.25, 0.3) is 0 Å². The molecule has 0 radical (unpaired) electrons. The summed E-state index contributed by atoms with van der Waals surface area (Å²) in [5.41, 5.74) is 0. The highest BCUT2D eigenvalue weighted by Gasteiger charge is 1.82. The predicted octanol–water partition coefficient (Wildman–Crippen LogP) is 3.93. The lowest BCUT2D eigenvalue weighted by atomic mass is 10.1. The Kier molecular flexibility index (Phi) is 9.70. The zero-order valence-corrected chi connectivity index (χ0v) is 8.40. The molecule has 0 rings (SSSR count). The Hall–Kier alpha value is -0.700. The van der Waals surface area contributed by atoms with Crippen LogP contribution in [0, 0.1) is 11.8 Å². The zero-order valence-electron chi connectivity index (χ0n) is 8.40. The number of hydrogen-bond acceptors (Lipinski definition) is 0. The van der Waals surface area contributed by atoms with E-state index in [1.54, 1.807) is 0 Å². The van der Waals surface area contributed by atoms with Crippen LogP contribution >= 0.6 is 0 Å². The van der Waals surface area contributed by atoms with Gasteiger partial charge in [0, 0.05) is 6.42 Å². The van der Waals surface area contributed by atoms with E-state index in [1.165, 1.54) is 32.1 Å². The van der Waals surface area contributed by atoms with Gasteiger partial charge < -0.3 is 0 Å². The molecule has 0 nitrogen and oxygen atoms in total. The van der Waals surface area contributed by atoms with Crippen molar-refractivity contribution in [2.75, 3.05) is 0 Å². The van der Waals surface area contributed by atoms with Crippen LogP contribution in [0.5, 0.6) is 0 Å². The lowest BCUT2D eigenvalue weighted by Crippen LogP contribution is -1.72. The minimum atomic E-state index is 0.959. The van der Waals surface area contributed by atoms with Gasteiger partial charge in [-0.1, -0.05) is 51.0 Å². The van der Waals surface area contributed by atoms with Crippen LogP contribution in [0.1, 0.15) is 52.4 Å². The van der Waals surface area contributed by atoms with Gasteiger partial charge in [0.05, 0.1) is 0 Å². The van der Waals surface area contributed by atoms with Gasteiger partial charge in [-0.25, -0.2) is 0 Å². The lowest BCUT2D eigenvalue weighted by Gasteiger charge is -1.92. The Morgan fingerprint density at radius 2 is 1.92 bits per heavy atom. The number of rotatable bonds is 5. The molecule has 0 spiro atoms. The average molecular weight is 164 g/mol. The van der Waals surface area contributed by atoms with E-state index in [0.29, 0.717) is 0 Å². The maximum absolute atomic E-state index is 3.01. The van der Waals surface area contributed by atoms with Gasteiger partial charge in [0.2, 0.25) is 0 Å². The molecule has 0 aromatic carbocycles. The maximum atomic E-state index is 3.01. The topological polar surface area (TPSA) is 0 Å². The van der Waals surface area contributed by atoms with Gasteiger partial charge in [0.15, 0.2) is 0 Å². The molecule has 0 heterocycles. The number of allylic oxidation sites excluding steroid dienone is 2. The highest BCUT2D eigenvalue weighted by atomic mass is 13.9. The highest BCUT2D eigenvalue weighted by molar-refractivity contribution is 5.14. The molecular formula is C12H20. The second-order valence-corrected chi connectivity index (χ2v) is 2.93. The van der Waals surface area contributed by atoms with Crippen molar-refractivity contribution >= 4 is 0 Å². The van der Waals surface area contributed by atoms with E-state index < -0.39 is 0 Å². The van der Waals surface area contributed by atoms with Crippen molar-refractivity contribution < 1.29 is 0 Å². The minimum Gasteiger partial charge on any atom is -0.0988 e. The predicted molar refractivity (Wildman–Crippen MR) is 56.0 cm³/mol. The summed E-state index contributed by atoms with van der Waals surface area (Å²) in [6.07, 6.45) is 11.7. The van der Waals surface area contributed by atoms with Gasteiger partial charge in [-0.15, -0.1) is 0 Å². The van der Waals surface area contributed by atoms with E-state index in [1.807, 2.05) is 6.08 Å². The van der Waals surface area contributed by atoms with E-state index in [-0.39, 0.29) is 0 Å². The standard InChI is InChI=1S/C12H20/c1-3-5-7-9-11-12-10-8-6-4-2/h10,12H,3-5,7,9,11H2,1-2H3/b12-10+. The van der Waals surface area contributed by atoms with Gasteiger partial charge in [0.1, 0.15) is 0 Å².